The average Bonchev–Trinajstić information content (AvgIpc) is 3.55. The van der Waals surface area contributed by atoms with Gasteiger partial charge in [-0.2, -0.15) is 0 Å². The van der Waals surface area contributed by atoms with Crippen molar-refractivity contribution in [1.82, 2.24) is 0 Å². The highest BCUT2D eigenvalue weighted by Gasteiger charge is 2.29. The van der Waals surface area contributed by atoms with Gasteiger partial charge in [0.1, 0.15) is 25.4 Å². The SMILES string of the molecule is CCC/C=C\C/C=C\CCCCCCCC(=O)OC(COC(=O)CCCCCCC/C=C\CCCCCCCC)COP(=O)(O)OCC(O)COP(=O)(O)OCC(O)COC(=O)CCCCCCC/C=C\C/C=C\C/C=C\C/C=C\CCCCC. The molecule has 0 rings (SSSR count). The van der Waals surface area contributed by atoms with Gasteiger partial charge < -0.3 is 34.2 Å². The third kappa shape index (κ3) is 62.1. The van der Waals surface area contributed by atoms with Crippen LogP contribution in [0.25, 0.3) is 0 Å². The van der Waals surface area contributed by atoms with Gasteiger partial charge in [-0.3, -0.25) is 32.5 Å². The lowest BCUT2D eigenvalue weighted by Crippen LogP contribution is -2.30. The summed E-state index contributed by atoms with van der Waals surface area (Å²) in [5.74, 6) is -1.62. The summed E-state index contributed by atoms with van der Waals surface area (Å²) < 4.78 is 60.7. The molecular formula is C67H118O16P2. The lowest BCUT2D eigenvalue weighted by molar-refractivity contribution is -0.161. The van der Waals surface area contributed by atoms with Crippen LogP contribution in [0.1, 0.15) is 265 Å². The number of ether oxygens (including phenoxy) is 3. The van der Waals surface area contributed by atoms with Gasteiger partial charge in [-0.05, 0) is 116 Å². The first kappa shape index (κ1) is 81.7. The van der Waals surface area contributed by atoms with Crippen LogP contribution < -0.4 is 0 Å². The largest absolute Gasteiger partial charge is 0.472 e. The van der Waals surface area contributed by atoms with E-state index in [0.717, 1.165) is 141 Å². The van der Waals surface area contributed by atoms with Crippen LogP contribution in [0, 0.1) is 0 Å². The van der Waals surface area contributed by atoms with Gasteiger partial charge in [-0.15, -0.1) is 0 Å². The monoisotopic (exact) mass is 1240 g/mol. The summed E-state index contributed by atoms with van der Waals surface area (Å²) in [6.07, 6.45) is 63.5. The Kier molecular flexibility index (Phi) is 58.6. The first-order valence-electron chi connectivity index (χ1n) is 32.9. The standard InChI is InChI=1S/C67H118O16P2/c1-4-7-10-13-16-19-22-25-27-28-29-30-31-32-34-37-38-41-44-47-50-53-65(70)77-56-62(68)57-79-84(73,74)80-58-63(69)59-81-85(75,76)82-61-64(83-67(72)55-52-49-46-43-40-35-24-21-18-15-12-9-6-3)60-78-66(71)54-51-48-45-42-39-36-33-26-23-20-17-14-11-8-5-2/h12,15-16,19,21,24-27,29-30,32-34,62-64,68-69H,4-11,13-14,17-18,20,22-23,28,31,35-61H2,1-3H3,(H,73,74)(H,75,76)/b15-12-,19-16-,24-21-,27-25-,30-29-,33-26-,34-32-. The number of hydrogen-bond donors (Lipinski definition) is 4. The lowest BCUT2D eigenvalue weighted by Gasteiger charge is -2.21. The van der Waals surface area contributed by atoms with Gasteiger partial charge in [-0.25, -0.2) is 9.13 Å². The van der Waals surface area contributed by atoms with E-state index in [9.17, 15) is 43.5 Å². The molecule has 0 heterocycles. The third-order valence-corrected chi connectivity index (χ3v) is 15.4. The first-order chi connectivity index (χ1) is 41.2. The molecule has 5 unspecified atom stereocenters. The summed E-state index contributed by atoms with van der Waals surface area (Å²) in [6, 6.07) is 0. The minimum Gasteiger partial charge on any atom is -0.463 e. The molecule has 0 aromatic heterocycles. The van der Waals surface area contributed by atoms with Crippen LogP contribution in [0.5, 0.6) is 0 Å². The molecule has 0 aliphatic rings. The fraction of sp³-hybridized carbons (Fsp3) is 0.746. The number of allylic oxidation sites excluding steroid dienone is 14. The number of carbonyl (C=O) groups is 3. The van der Waals surface area contributed by atoms with E-state index >= 15 is 0 Å². The average molecular weight is 1240 g/mol. The van der Waals surface area contributed by atoms with Crippen molar-refractivity contribution in [3.8, 4) is 0 Å². The molecule has 85 heavy (non-hydrogen) atoms. The zero-order valence-electron chi connectivity index (χ0n) is 53.0. The van der Waals surface area contributed by atoms with E-state index in [1.54, 1.807) is 0 Å². The van der Waals surface area contributed by atoms with Gasteiger partial charge in [-0.1, -0.05) is 215 Å². The van der Waals surface area contributed by atoms with Crippen LogP contribution in [-0.2, 0) is 55.8 Å². The Morgan fingerprint density at radius 3 is 1.01 bits per heavy atom. The molecule has 0 aromatic carbocycles. The Balaban J connectivity index is 4.63. The zero-order chi connectivity index (χ0) is 62.4. The topological polar surface area (TPSA) is 231 Å². The summed E-state index contributed by atoms with van der Waals surface area (Å²) in [6.45, 7) is 2.51. The van der Waals surface area contributed by atoms with E-state index in [2.05, 4.69) is 106 Å². The van der Waals surface area contributed by atoms with E-state index in [0.29, 0.717) is 19.3 Å². The lowest BCUT2D eigenvalue weighted by atomic mass is 10.1. The van der Waals surface area contributed by atoms with Crippen molar-refractivity contribution in [3.63, 3.8) is 0 Å². The fourth-order valence-electron chi connectivity index (χ4n) is 8.47. The summed E-state index contributed by atoms with van der Waals surface area (Å²) >= 11 is 0. The van der Waals surface area contributed by atoms with Gasteiger partial charge in [0, 0.05) is 19.3 Å². The van der Waals surface area contributed by atoms with Crippen molar-refractivity contribution in [3.05, 3.63) is 85.1 Å². The third-order valence-electron chi connectivity index (χ3n) is 13.5. The molecular weight excluding hydrogens is 1120 g/mol. The minimum atomic E-state index is -4.92. The maximum atomic E-state index is 12.9. The second-order valence-electron chi connectivity index (χ2n) is 21.9. The molecule has 0 bridgehead atoms. The molecule has 16 nitrogen and oxygen atoms in total. The number of unbranched alkanes of at least 4 members (excludes halogenated alkanes) is 25. The van der Waals surface area contributed by atoms with Crippen LogP contribution in [0.15, 0.2) is 85.1 Å². The maximum Gasteiger partial charge on any atom is 0.472 e. The minimum absolute atomic E-state index is 0.0866. The number of esters is 3. The van der Waals surface area contributed by atoms with Crippen molar-refractivity contribution in [2.75, 3.05) is 39.6 Å². The molecule has 0 aliphatic heterocycles. The summed E-state index contributed by atoms with van der Waals surface area (Å²) in [5.41, 5.74) is 0. The Hall–Kier alpha value is -3.27. The summed E-state index contributed by atoms with van der Waals surface area (Å²) in [7, 11) is -9.78. The van der Waals surface area contributed by atoms with Gasteiger partial charge in [0.25, 0.3) is 0 Å². The number of hydrogen-bond acceptors (Lipinski definition) is 14. The fourth-order valence-corrected chi connectivity index (χ4v) is 10.1. The molecule has 18 heteroatoms. The maximum absolute atomic E-state index is 12.9. The number of aliphatic hydroxyl groups excluding tert-OH is 2. The number of aliphatic hydroxyl groups is 2. The van der Waals surface area contributed by atoms with Gasteiger partial charge >= 0.3 is 33.6 Å². The van der Waals surface area contributed by atoms with Crippen LogP contribution in [0.2, 0.25) is 0 Å². The number of carbonyl (C=O) groups excluding carboxylic acids is 3. The van der Waals surface area contributed by atoms with E-state index < -0.39 is 91.5 Å². The molecule has 0 saturated carbocycles. The number of phosphoric ester groups is 2. The van der Waals surface area contributed by atoms with E-state index in [1.807, 2.05) is 0 Å². The predicted octanol–water partition coefficient (Wildman–Crippen LogP) is 17.8. The van der Waals surface area contributed by atoms with Crippen LogP contribution in [0.4, 0.5) is 0 Å². The predicted molar refractivity (Wildman–Crippen MR) is 344 cm³/mol. The highest BCUT2D eigenvalue weighted by molar-refractivity contribution is 7.47. The highest BCUT2D eigenvalue weighted by atomic mass is 31.2. The quantitative estimate of drug-likeness (QED) is 0.0146. The molecule has 5 atom stereocenters. The molecule has 0 radical (unpaired) electrons. The van der Waals surface area contributed by atoms with E-state index in [-0.39, 0.29) is 19.3 Å². The van der Waals surface area contributed by atoms with Crippen molar-refractivity contribution >= 4 is 33.6 Å². The number of rotatable bonds is 62. The second kappa shape index (κ2) is 61.0. The van der Waals surface area contributed by atoms with Crippen LogP contribution in [-0.4, -0.2) is 95.9 Å². The van der Waals surface area contributed by atoms with Crippen LogP contribution >= 0.6 is 15.6 Å². The molecule has 0 saturated heterocycles. The Bertz CT molecular complexity index is 1900. The highest BCUT2D eigenvalue weighted by Crippen LogP contribution is 2.45. The summed E-state index contributed by atoms with van der Waals surface area (Å²) in [5, 5.41) is 20.5. The second-order valence-corrected chi connectivity index (χ2v) is 24.8. The van der Waals surface area contributed by atoms with Gasteiger partial charge in [0.05, 0.1) is 26.4 Å². The van der Waals surface area contributed by atoms with Crippen molar-refractivity contribution in [1.29, 1.82) is 0 Å². The molecule has 4 N–H and O–H groups in total. The Morgan fingerprint density at radius 1 is 0.329 bits per heavy atom. The normalized spacial score (nSPS) is 14.9. The Labute approximate surface area is 515 Å². The molecule has 0 fully saturated rings. The first-order valence-corrected chi connectivity index (χ1v) is 35.9. The van der Waals surface area contributed by atoms with E-state index in [1.165, 1.54) is 64.2 Å². The molecule has 0 aliphatic carbocycles. The number of phosphoric acid groups is 2. The van der Waals surface area contributed by atoms with Gasteiger partial charge in [0.2, 0.25) is 0 Å². The van der Waals surface area contributed by atoms with E-state index in [4.69, 9.17) is 32.3 Å². The zero-order valence-corrected chi connectivity index (χ0v) is 54.8. The molecule has 0 aromatic rings. The van der Waals surface area contributed by atoms with Crippen molar-refractivity contribution in [2.45, 2.75) is 283 Å². The molecule has 0 spiro atoms. The van der Waals surface area contributed by atoms with Crippen molar-refractivity contribution < 1.29 is 75.8 Å². The van der Waals surface area contributed by atoms with Crippen LogP contribution in [0.3, 0.4) is 0 Å². The molecule has 492 valence electrons. The summed E-state index contributed by atoms with van der Waals surface area (Å²) in [4.78, 5) is 58.2. The Morgan fingerprint density at radius 2 is 0.612 bits per heavy atom. The van der Waals surface area contributed by atoms with Gasteiger partial charge in [0.15, 0.2) is 6.10 Å². The smallest absolute Gasteiger partial charge is 0.463 e. The van der Waals surface area contributed by atoms with Crippen molar-refractivity contribution in [2.24, 2.45) is 0 Å². The molecule has 0 amide bonds.